The Balaban J connectivity index is 1.96. The molecule has 1 heterocycles. The molecule has 2 aromatic rings. The first-order chi connectivity index (χ1) is 13.0. The van der Waals surface area contributed by atoms with E-state index < -0.39 is 5.97 Å². The molecule has 27 heavy (non-hydrogen) atoms. The van der Waals surface area contributed by atoms with Gasteiger partial charge in [0, 0.05) is 29.2 Å². The number of ether oxygens (including phenoxy) is 3. The summed E-state index contributed by atoms with van der Waals surface area (Å²) in [4.78, 5) is 28.2. The van der Waals surface area contributed by atoms with Gasteiger partial charge in [0.2, 0.25) is 0 Å². The zero-order valence-electron chi connectivity index (χ0n) is 15.8. The third kappa shape index (κ3) is 3.47. The van der Waals surface area contributed by atoms with E-state index in [1.165, 1.54) is 6.08 Å². The van der Waals surface area contributed by atoms with Gasteiger partial charge < -0.3 is 19.2 Å². The molecule has 1 aromatic carbocycles. The highest BCUT2D eigenvalue weighted by Crippen LogP contribution is 2.39. The van der Waals surface area contributed by atoms with E-state index in [1.807, 2.05) is 18.2 Å². The number of nitrogens with one attached hydrogen (secondary N) is 1. The summed E-state index contributed by atoms with van der Waals surface area (Å²) in [5.41, 5.74) is 3.23. The molecule has 6 heteroatoms. The van der Waals surface area contributed by atoms with E-state index in [9.17, 15) is 9.59 Å². The van der Waals surface area contributed by atoms with Crippen LogP contribution in [0.15, 0.2) is 30.9 Å². The molecule has 0 bridgehead atoms. The van der Waals surface area contributed by atoms with Crippen LogP contribution in [0.1, 0.15) is 50.0 Å². The van der Waals surface area contributed by atoms with Crippen LogP contribution in [0.4, 0.5) is 0 Å². The predicted molar refractivity (Wildman–Crippen MR) is 101 cm³/mol. The van der Waals surface area contributed by atoms with Gasteiger partial charge in [-0.15, -0.1) is 0 Å². The molecule has 1 N–H and O–H groups in total. The molecule has 0 radical (unpaired) electrons. The second-order valence-corrected chi connectivity index (χ2v) is 6.50. The topological polar surface area (TPSA) is 77.6 Å². The first-order valence-corrected chi connectivity index (χ1v) is 8.74. The minimum atomic E-state index is -0.481. The Morgan fingerprint density at radius 1 is 1.30 bits per heavy atom. The molecule has 1 aliphatic carbocycles. The van der Waals surface area contributed by atoms with E-state index in [4.69, 9.17) is 14.2 Å². The molecular weight excluding hydrogens is 346 g/mol. The van der Waals surface area contributed by atoms with Gasteiger partial charge in [0.05, 0.1) is 14.2 Å². The lowest BCUT2D eigenvalue weighted by Crippen LogP contribution is -2.19. The standard InChI is InChI=1S/C21H23NO5/c1-5-8-27-21(24)20-12(2)19-16(22-20)9-13(10-17(19)23)15-11-14(25-3)6-7-18(15)26-4/h5-7,11,13,22H,1,8-10H2,2-4H3/t13-/m1/s1. The summed E-state index contributed by atoms with van der Waals surface area (Å²) < 4.78 is 15.9. The zero-order valence-corrected chi connectivity index (χ0v) is 15.8. The van der Waals surface area contributed by atoms with Gasteiger partial charge in [-0.2, -0.15) is 0 Å². The van der Waals surface area contributed by atoms with Crippen molar-refractivity contribution in [3.05, 3.63) is 58.9 Å². The second kappa shape index (κ2) is 7.70. The van der Waals surface area contributed by atoms with Crippen LogP contribution in [0.2, 0.25) is 0 Å². The number of aromatic amines is 1. The fourth-order valence-corrected chi connectivity index (χ4v) is 3.62. The monoisotopic (exact) mass is 369 g/mol. The number of hydrogen-bond acceptors (Lipinski definition) is 5. The number of H-pyrrole nitrogens is 1. The number of carbonyl (C=O) groups is 2. The summed E-state index contributed by atoms with van der Waals surface area (Å²) in [6.45, 7) is 5.43. The Morgan fingerprint density at radius 3 is 2.74 bits per heavy atom. The smallest absolute Gasteiger partial charge is 0.355 e. The Morgan fingerprint density at radius 2 is 2.07 bits per heavy atom. The van der Waals surface area contributed by atoms with Crippen LogP contribution < -0.4 is 9.47 Å². The number of methoxy groups -OCH3 is 2. The number of fused-ring (bicyclic) bond motifs is 1. The summed E-state index contributed by atoms with van der Waals surface area (Å²) in [5.74, 6) is 0.879. The fraction of sp³-hybridized carbons (Fsp3) is 0.333. The van der Waals surface area contributed by atoms with Crippen LogP contribution in [0.5, 0.6) is 11.5 Å². The first-order valence-electron chi connectivity index (χ1n) is 8.74. The van der Waals surface area contributed by atoms with E-state index in [2.05, 4.69) is 11.6 Å². The maximum Gasteiger partial charge on any atom is 0.355 e. The molecule has 1 atom stereocenters. The zero-order chi connectivity index (χ0) is 19.6. The average Bonchev–Trinajstić information content (AvgIpc) is 3.02. The summed E-state index contributed by atoms with van der Waals surface area (Å²) in [7, 11) is 3.21. The minimum absolute atomic E-state index is 0.00245. The lowest BCUT2D eigenvalue weighted by molar-refractivity contribution is 0.0542. The number of esters is 1. The summed E-state index contributed by atoms with van der Waals surface area (Å²) >= 11 is 0. The fourth-order valence-electron chi connectivity index (χ4n) is 3.62. The molecular formula is C21H23NO5. The van der Waals surface area contributed by atoms with Gasteiger partial charge >= 0.3 is 5.97 Å². The summed E-state index contributed by atoms with van der Waals surface area (Å²) in [6, 6.07) is 5.56. The Hall–Kier alpha value is -3.02. The molecule has 0 amide bonds. The number of carbonyl (C=O) groups excluding carboxylic acids is 2. The lowest BCUT2D eigenvalue weighted by Gasteiger charge is -2.24. The molecule has 0 saturated heterocycles. The van der Waals surface area contributed by atoms with Crippen molar-refractivity contribution in [1.82, 2.24) is 4.98 Å². The minimum Gasteiger partial charge on any atom is -0.497 e. The van der Waals surface area contributed by atoms with Crippen LogP contribution in [0.3, 0.4) is 0 Å². The first kappa shape index (κ1) is 18.8. The quantitative estimate of drug-likeness (QED) is 0.622. The van der Waals surface area contributed by atoms with Gasteiger partial charge in [-0.3, -0.25) is 4.79 Å². The van der Waals surface area contributed by atoms with Crippen LogP contribution >= 0.6 is 0 Å². The third-order valence-electron chi connectivity index (χ3n) is 4.90. The normalized spacial score (nSPS) is 15.8. The third-order valence-corrected chi connectivity index (χ3v) is 4.90. The van der Waals surface area contributed by atoms with Crippen LogP contribution in [-0.2, 0) is 11.2 Å². The highest BCUT2D eigenvalue weighted by Gasteiger charge is 2.33. The van der Waals surface area contributed by atoms with E-state index >= 15 is 0 Å². The van der Waals surface area contributed by atoms with Gasteiger partial charge in [0.25, 0.3) is 0 Å². The summed E-state index contributed by atoms with van der Waals surface area (Å²) in [6.07, 6.45) is 2.45. The molecule has 0 aliphatic heterocycles. The number of rotatable bonds is 6. The molecule has 6 nitrogen and oxygen atoms in total. The van der Waals surface area contributed by atoms with Crippen LogP contribution in [0.25, 0.3) is 0 Å². The van der Waals surface area contributed by atoms with E-state index in [0.717, 1.165) is 11.3 Å². The highest BCUT2D eigenvalue weighted by atomic mass is 16.5. The number of benzene rings is 1. The van der Waals surface area contributed by atoms with Gasteiger partial charge in [-0.05, 0) is 37.1 Å². The summed E-state index contributed by atoms with van der Waals surface area (Å²) in [5, 5.41) is 0. The molecule has 0 spiro atoms. The molecule has 1 aromatic heterocycles. The van der Waals surface area contributed by atoms with Gasteiger partial charge in [-0.1, -0.05) is 12.7 Å². The number of aromatic nitrogens is 1. The van der Waals surface area contributed by atoms with Crippen molar-refractivity contribution in [3.63, 3.8) is 0 Å². The second-order valence-electron chi connectivity index (χ2n) is 6.50. The van der Waals surface area contributed by atoms with Crippen molar-refractivity contribution in [3.8, 4) is 11.5 Å². The molecule has 0 unspecified atom stereocenters. The molecule has 1 aliphatic rings. The van der Waals surface area contributed by atoms with Crippen molar-refractivity contribution < 1.29 is 23.8 Å². The molecule has 142 valence electrons. The maximum absolute atomic E-state index is 12.8. The van der Waals surface area contributed by atoms with Crippen molar-refractivity contribution in [2.75, 3.05) is 20.8 Å². The largest absolute Gasteiger partial charge is 0.497 e. The van der Waals surface area contributed by atoms with E-state index in [0.29, 0.717) is 41.2 Å². The predicted octanol–water partition coefficient (Wildman–Crippen LogP) is 3.60. The highest BCUT2D eigenvalue weighted by molar-refractivity contribution is 6.03. The number of Topliss-reactive ketones (excluding diaryl/α,β-unsaturated/α-hetero) is 1. The van der Waals surface area contributed by atoms with E-state index in [1.54, 1.807) is 21.1 Å². The van der Waals surface area contributed by atoms with Gasteiger partial charge in [0.1, 0.15) is 23.8 Å². The Kier molecular flexibility index (Phi) is 5.35. The number of ketones is 1. The van der Waals surface area contributed by atoms with Gasteiger partial charge in [0.15, 0.2) is 5.78 Å². The molecule has 0 fully saturated rings. The van der Waals surface area contributed by atoms with E-state index in [-0.39, 0.29) is 18.3 Å². The average molecular weight is 369 g/mol. The van der Waals surface area contributed by atoms with Crippen LogP contribution in [0, 0.1) is 6.92 Å². The lowest BCUT2D eigenvalue weighted by atomic mass is 9.81. The van der Waals surface area contributed by atoms with Crippen molar-refractivity contribution in [2.24, 2.45) is 0 Å². The molecule has 3 rings (SSSR count). The SMILES string of the molecule is C=CCOC(=O)c1[nH]c2c(c1C)C(=O)C[C@H](c1cc(OC)ccc1OC)C2. The Labute approximate surface area is 158 Å². The number of hydrogen-bond donors (Lipinski definition) is 1. The van der Waals surface area contributed by atoms with Gasteiger partial charge in [-0.25, -0.2) is 4.79 Å². The molecule has 0 saturated carbocycles. The maximum atomic E-state index is 12.8. The van der Waals surface area contributed by atoms with Crippen molar-refractivity contribution >= 4 is 11.8 Å². The van der Waals surface area contributed by atoms with Crippen LogP contribution in [-0.4, -0.2) is 37.6 Å². The Bertz CT molecular complexity index is 896. The van der Waals surface area contributed by atoms with Crippen molar-refractivity contribution in [1.29, 1.82) is 0 Å². The van der Waals surface area contributed by atoms with Crippen molar-refractivity contribution in [2.45, 2.75) is 25.7 Å².